The molecule has 2 aromatic carbocycles. The summed E-state index contributed by atoms with van der Waals surface area (Å²) in [5.74, 6) is -3.79. The maximum absolute atomic E-state index is 14.1. The number of hydrogen-bond acceptors (Lipinski definition) is 2. The molecule has 0 amide bonds. The number of hydrogen-bond donors (Lipinski definition) is 0. The smallest absolute Gasteiger partial charge is 0.340 e. The second kappa shape index (κ2) is 5.48. The van der Waals surface area contributed by atoms with Gasteiger partial charge in [-0.15, -0.1) is 0 Å². The molecule has 1 aromatic heterocycles. The Morgan fingerprint density at radius 2 is 1.71 bits per heavy atom. The summed E-state index contributed by atoms with van der Waals surface area (Å²) in [5, 5.41) is 0. The lowest BCUT2D eigenvalue weighted by atomic mass is 10.1. The van der Waals surface area contributed by atoms with Crippen LogP contribution in [0.15, 0.2) is 71.2 Å². The Morgan fingerprint density at radius 1 is 1.00 bits per heavy atom. The molecule has 0 aliphatic rings. The van der Waals surface area contributed by atoms with Gasteiger partial charge in [-0.3, -0.25) is 0 Å². The van der Waals surface area contributed by atoms with Gasteiger partial charge in [0, 0.05) is 0 Å². The van der Waals surface area contributed by atoms with E-state index in [0.29, 0.717) is 17.5 Å². The van der Waals surface area contributed by atoms with Crippen LogP contribution in [0.1, 0.15) is 11.5 Å². The van der Waals surface area contributed by atoms with Crippen LogP contribution in [0.3, 0.4) is 0 Å². The summed E-state index contributed by atoms with van der Waals surface area (Å²) in [6, 6.07) is 16.1. The largest absolute Gasteiger partial charge is 0.435 e. The Labute approximate surface area is 120 Å². The summed E-state index contributed by atoms with van der Waals surface area (Å²) in [5.41, 5.74) is 1.77. The minimum absolute atomic E-state index is 0.364. The van der Waals surface area contributed by atoms with Gasteiger partial charge in [0.2, 0.25) is 0 Å². The lowest BCUT2D eigenvalue weighted by Crippen LogP contribution is -2.09. The van der Waals surface area contributed by atoms with Crippen molar-refractivity contribution in [3.63, 3.8) is 0 Å². The molecule has 0 N–H and O–H groups in total. The van der Waals surface area contributed by atoms with E-state index in [1.54, 1.807) is 24.3 Å². The molecule has 0 spiro atoms. The molecular formula is C17H13F2NO. The summed E-state index contributed by atoms with van der Waals surface area (Å²) in [4.78, 5) is 3.84. The quantitative estimate of drug-likeness (QED) is 0.648. The molecule has 106 valence electrons. The van der Waals surface area contributed by atoms with Gasteiger partial charge < -0.3 is 4.42 Å². The Kier molecular flexibility index (Phi) is 3.52. The van der Waals surface area contributed by atoms with Crippen LogP contribution in [-0.2, 0) is 12.3 Å². The average molecular weight is 285 g/mol. The van der Waals surface area contributed by atoms with Crippen molar-refractivity contribution in [2.45, 2.75) is 12.3 Å². The highest BCUT2D eigenvalue weighted by molar-refractivity contribution is 5.72. The highest BCUT2D eigenvalue weighted by Gasteiger charge is 2.34. The molecule has 0 bridgehead atoms. The fourth-order valence-electron chi connectivity index (χ4n) is 2.04. The number of halogens is 2. The van der Waals surface area contributed by atoms with Crippen LogP contribution >= 0.6 is 0 Å². The van der Waals surface area contributed by atoms with Gasteiger partial charge in [0.15, 0.2) is 5.58 Å². The van der Waals surface area contributed by atoms with Crippen molar-refractivity contribution < 1.29 is 13.2 Å². The zero-order valence-corrected chi connectivity index (χ0v) is 11.2. The first-order valence-corrected chi connectivity index (χ1v) is 6.61. The molecule has 3 aromatic rings. The van der Waals surface area contributed by atoms with Gasteiger partial charge in [-0.1, -0.05) is 48.5 Å². The van der Waals surface area contributed by atoms with E-state index in [2.05, 4.69) is 4.98 Å². The molecule has 2 nitrogen and oxygen atoms in total. The first-order valence-electron chi connectivity index (χ1n) is 6.61. The number of allylic oxidation sites excluding steroid dienone is 2. The lowest BCUT2D eigenvalue weighted by Gasteiger charge is -2.06. The van der Waals surface area contributed by atoms with Crippen LogP contribution in [0, 0.1) is 0 Å². The molecule has 0 aliphatic heterocycles. The van der Waals surface area contributed by atoms with E-state index < -0.39 is 11.8 Å². The molecule has 1 heterocycles. The number of fused-ring (bicyclic) bond motifs is 1. The Bertz CT molecular complexity index is 730. The Morgan fingerprint density at radius 3 is 2.48 bits per heavy atom. The standard InChI is InChI=1S/C17H13F2NO/c18-17(19,12-6-9-13-7-2-1-3-8-13)16-20-14-10-4-5-11-15(14)21-16/h1-8,10-12H,9H2/b12-6+. The normalized spacial score (nSPS) is 12.3. The third-order valence-electron chi connectivity index (χ3n) is 3.10. The minimum atomic E-state index is -3.21. The van der Waals surface area contributed by atoms with Gasteiger partial charge in [0.1, 0.15) is 5.52 Å². The molecule has 21 heavy (non-hydrogen) atoms. The lowest BCUT2D eigenvalue weighted by molar-refractivity contribution is 0.0232. The van der Waals surface area contributed by atoms with Crippen molar-refractivity contribution in [3.05, 3.63) is 78.2 Å². The number of benzene rings is 2. The molecule has 0 aliphatic carbocycles. The first kappa shape index (κ1) is 13.5. The van der Waals surface area contributed by atoms with Crippen molar-refractivity contribution in [2.24, 2.45) is 0 Å². The topological polar surface area (TPSA) is 26.0 Å². The van der Waals surface area contributed by atoms with Gasteiger partial charge in [0.05, 0.1) is 0 Å². The molecule has 0 saturated carbocycles. The molecule has 0 radical (unpaired) electrons. The van der Waals surface area contributed by atoms with E-state index in [4.69, 9.17) is 4.42 Å². The van der Waals surface area contributed by atoms with Gasteiger partial charge in [0.25, 0.3) is 5.89 Å². The van der Waals surface area contributed by atoms with E-state index in [9.17, 15) is 8.78 Å². The van der Waals surface area contributed by atoms with Gasteiger partial charge in [-0.05, 0) is 30.2 Å². The number of aromatic nitrogens is 1. The highest BCUT2D eigenvalue weighted by atomic mass is 19.3. The van der Waals surface area contributed by atoms with Crippen molar-refractivity contribution >= 4 is 11.1 Å². The molecule has 0 saturated heterocycles. The van der Waals surface area contributed by atoms with Crippen molar-refractivity contribution in [2.75, 3.05) is 0 Å². The van der Waals surface area contributed by atoms with Crippen LogP contribution in [0.25, 0.3) is 11.1 Å². The number of para-hydroxylation sites is 2. The fourth-order valence-corrected chi connectivity index (χ4v) is 2.04. The summed E-state index contributed by atoms with van der Waals surface area (Å²) in [6.07, 6.45) is 2.71. The van der Waals surface area contributed by atoms with Crippen LogP contribution in [-0.4, -0.2) is 4.98 Å². The van der Waals surface area contributed by atoms with E-state index in [1.807, 2.05) is 30.3 Å². The molecule has 0 atom stereocenters. The summed E-state index contributed by atoms with van der Waals surface area (Å²) >= 11 is 0. The SMILES string of the molecule is FC(F)(/C=C/Cc1ccccc1)c1nc2ccccc2o1. The Balaban J connectivity index is 1.79. The van der Waals surface area contributed by atoms with Crippen LogP contribution in [0.2, 0.25) is 0 Å². The monoisotopic (exact) mass is 285 g/mol. The van der Waals surface area contributed by atoms with Crippen LogP contribution in [0.5, 0.6) is 0 Å². The molecule has 0 unspecified atom stereocenters. The maximum Gasteiger partial charge on any atom is 0.340 e. The molecule has 0 fully saturated rings. The minimum Gasteiger partial charge on any atom is -0.435 e. The molecule has 4 heteroatoms. The average Bonchev–Trinajstić information content (AvgIpc) is 2.93. The maximum atomic E-state index is 14.1. The summed E-state index contributed by atoms with van der Waals surface area (Å²) in [7, 11) is 0. The zero-order chi connectivity index (χ0) is 14.7. The van der Waals surface area contributed by atoms with Crippen molar-refractivity contribution in [3.8, 4) is 0 Å². The summed E-state index contributed by atoms with van der Waals surface area (Å²) in [6.45, 7) is 0. The van der Waals surface area contributed by atoms with Gasteiger partial charge in [-0.25, -0.2) is 4.98 Å². The first-order chi connectivity index (χ1) is 10.1. The third kappa shape index (κ3) is 2.99. The highest BCUT2D eigenvalue weighted by Crippen LogP contribution is 2.31. The number of rotatable bonds is 4. The van der Waals surface area contributed by atoms with E-state index in [-0.39, 0.29) is 0 Å². The van der Waals surface area contributed by atoms with Gasteiger partial charge in [-0.2, -0.15) is 8.78 Å². The molecule has 3 rings (SSSR count). The zero-order valence-electron chi connectivity index (χ0n) is 11.2. The predicted molar refractivity (Wildman–Crippen MR) is 77.2 cm³/mol. The summed E-state index contributed by atoms with van der Waals surface area (Å²) < 4.78 is 33.2. The fraction of sp³-hybridized carbons (Fsp3) is 0.118. The van der Waals surface area contributed by atoms with Crippen molar-refractivity contribution in [1.29, 1.82) is 0 Å². The molecular weight excluding hydrogens is 272 g/mol. The van der Waals surface area contributed by atoms with Gasteiger partial charge >= 0.3 is 5.92 Å². The number of alkyl halides is 2. The second-order valence-corrected chi connectivity index (χ2v) is 4.70. The van der Waals surface area contributed by atoms with E-state index in [1.165, 1.54) is 6.08 Å². The second-order valence-electron chi connectivity index (χ2n) is 4.70. The van der Waals surface area contributed by atoms with Crippen LogP contribution in [0.4, 0.5) is 8.78 Å². The Hall–Kier alpha value is -2.49. The van der Waals surface area contributed by atoms with E-state index >= 15 is 0 Å². The number of oxazole rings is 1. The number of nitrogens with zero attached hydrogens (tertiary/aromatic N) is 1. The predicted octanol–water partition coefficient (Wildman–Crippen LogP) is 4.72. The third-order valence-corrected chi connectivity index (χ3v) is 3.10. The van der Waals surface area contributed by atoms with E-state index in [0.717, 1.165) is 11.6 Å². The van der Waals surface area contributed by atoms with Crippen molar-refractivity contribution in [1.82, 2.24) is 4.98 Å². The van der Waals surface area contributed by atoms with Crippen LogP contribution < -0.4 is 0 Å².